The second kappa shape index (κ2) is 12.0. The average Bonchev–Trinajstić information content (AvgIpc) is 2.70. The van der Waals surface area contributed by atoms with E-state index in [2.05, 4.69) is 90.3 Å². The molecule has 0 atom stereocenters. The lowest BCUT2D eigenvalue weighted by atomic mass is 9.94. The molecule has 2 aromatic carbocycles. The van der Waals surface area contributed by atoms with Crippen LogP contribution in [0.5, 0.6) is 0 Å². The van der Waals surface area contributed by atoms with Crippen molar-refractivity contribution in [2.45, 2.75) is 87.5 Å². The van der Waals surface area contributed by atoms with E-state index in [4.69, 9.17) is 0 Å². The fraction of sp³-hybridized carbons (Fsp3) is 0.517. The molecule has 33 heavy (non-hydrogen) atoms. The molecule has 0 spiro atoms. The molecule has 2 rings (SSSR count). The van der Waals surface area contributed by atoms with Gasteiger partial charge in [-0.2, -0.15) is 0 Å². The van der Waals surface area contributed by atoms with Gasteiger partial charge in [-0.3, -0.25) is 9.59 Å². The zero-order valence-corrected chi connectivity index (χ0v) is 21.8. The van der Waals surface area contributed by atoms with E-state index in [9.17, 15) is 9.59 Å². The smallest absolute Gasteiger partial charge is 0.224 e. The van der Waals surface area contributed by atoms with E-state index in [1.807, 2.05) is 0 Å². The van der Waals surface area contributed by atoms with Gasteiger partial charge in [-0.05, 0) is 78.3 Å². The zero-order chi connectivity index (χ0) is 24.7. The maximum Gasteiger partial charge on any atom is 0.224 e. The molecular formula is C29H42N2O2. The number of benzene rings is 2. The first-order valence-corrected chi connectivity index (χ1v) is 12.4. The molecule has 4 nitrogen and oxygen atoms in total. The fourth-order valence-electron chi connectivity index (χ4n) is 4.36. The number of aryl methyl sites for hydroxylation is 4. The lowest BCUT2D eigenvalue weighted by Crippen LogP contribution is -2.16. The fourth-order valence-corrected chi connectivity index (χ4v) is 4.36. The van der Waals surface area contributed by atoms with Gasteiger partial charge >= 0.3 is 0 Å². The maximum absolute atomic E-state index is 12.4. The van der Waals surface area contributed by atoms with Crippen molar-refractivity contribution in [2.75, 3.05) is 10.6 Å². The van der Waals surface area contributed by atoms with Crippen molar-refractivity contribution in [1.82, 2.24) is 0 Å². The molecule has 4 heteroatoms. The van der Waals surface area contributed by atoms with Crippen molar-refractivity contribution in [3.8, 4) is 0 Å². The third-order valence-corrected chi connectivity index (χ3v) is 5.84. The summed E-state index contributed by atoms with van der Waals surface area (Å²) in [6.07, 6.45) is 3.62. The summed E-state index contributed by atoms with van der Waals surface area (Å²) in [6.45, 7) is 16.6. The molecule has 0 radical (unpaired) electrons. The van der Waals surface area contributed by atoms with Crippen molar-refractivity contribution in [2.24, 2.45) is 11.8 Å². The number of nitrogens with one attached hydrogen (secondary N) is 2. The van der Waals surface area contributed by atoms with Gasteiger partial charge < -0.3 is 10.6 Å². The first-order valence-electron chi connectivity index (χ1n) is 12.4. The van der Waals surface area contributed by atoms with Gasteiger partial charge in [0.05, 0.1) is 0 Å². The van der Waals surface area contributed by atoms with E-state index in [-0.39, 0.29) is 11.8 Å². The highest BCUT2D eigenvalue weighted by Gasteiger charge is 2.15. The minimum atomic E-state index is 0.0777. The summed E-state index contributed by atoms with van der Waals surface area (Å²) in [6, 6.07) is 8.81. The summed E-state index contributed by atoms with van der Waals surface area (Å²) in [5, 5.41) is 6.28. The zero-order valence-electron chi connectivity index (χ0n) is 21.8. The molecular weight excluding hydrogens is 408 g/mol. The standard InChI is InChI=1S/C29H42N2O2/c1-9-24-16-22(13-20(7)28(24)30-26(32)11-18(3)4)15-23-14-21(8)29(25(10-2)17-23)31-27(33)12-19(5)6/h13-14,16-19H,9-12,15H2,1-8H3,(H,30,32)(H,31,33). The van der Waals surface area contributed by atoms with E-state index < -0.39 is 0 Å². The van der Waals surface area contributed by atoms with Crippen molar-refractivity contribution in [1.29, 1.82) is 0 Å². The van der Waals surface area contributed by atoms with Gasteiger partial charge in [0, 0.05) is 24.2 Å². The number of carbonyl (C=O) groups excluding carboxylic acids is 2. The quantitative estimate of drug-likeness (QED) is 0.410. The minimum absolute atomic E-state index is 0.0777. The summed E-state index contributed by atoms with van der Waals surface area (Å²) in [5.74, 6) is 0.829. The predicted molar refractivity (Wildman–Crippen MR) is 140 cm³/mol. The summed E-state index contributed by atoms with van der Waals surface area (Å²) in [4.78, 5) is 24.7. The molecule has 0 bridgehead atoms. The van der Waals surface area contributed by atoms with Crippen molar-refractivity contribution < 1.29 is 9.59 Å². The first-order chi connectivity index (χ1) is 15.5. The summed E-state index contributed by atoms with van der Waals surface area (Å²) >= 11 is 0. The van der Waals surface area contributed by atoms with E-state index in [1.165, 1.54) is 22.3 Å². The second-order valence-electron chi connectivity index (χ2n) is 10.1. The Balaban J connectivity index is 2.29. The van der Waals surface area contributed by atoms with Gasteiger partial charge in [0.25, 0.3) is 0 Å². The first kappa shape index (κ1) is 26.6. The molecule has 0 fully saturated rings. The van der Waals surface area contributed by atoms with E-state index >= 15 is 0 Å². The third-order valence-electron chi connectivity index (χ3n) is 5.84. The van der Waals surface area contributed by atoms with Crippen LogP contribution in [0.1, 0.15) is 87.8 Å². The van der Waals surface area contributed by atoms with Crippen molar-refractivity contribution >= 4 is 23.2 Å². The van der Waals surface area contributed by atoms with Gasteiger partial charge in [-0.15, -0.1) is 0 Å². The highest BCUT2D eigenvalue weighted by atomic mass is 16.2. The molecule has 0 heterocycles. The Bertz CT molecular complexity index is 910. The Hall–Kier alpha value is -2.62. The summed E-state index contributed by atoms with van der Waals surface area (Å²) < 4.78 is 0. The van der Waals surface area contributed by atoms with Gasteiger partial charge in [-0.1, -0.05) is 65.8 Å². The highest BCUT2D eigenvalue weighted by Crippen LogP contribution is 2.29. The van der Waals surface area contributed by atoms with E-state index in [0.717, 1.165) is 41.8 Å². The van der Waals surface area contributed by atoms with Crippen LogP contribution in [0.3, 0.4) is 0 Å². The molecule has 2 aromatic rings. The van der Waals surface area contributed by atoms with Crippen LogP contribution in [0.25, 0.3) is 0 Å². The number of hydrogen-bond acceptors (Lipinski definition) is 2. The van der Waals surface area contributed by atoms with Crippen molar-refractivity contribution in [3.63, 3.8) is 0 Å². The topological polar surface area (TPSA) is 58.2 Å². The lowest BCUT2D eigenvalue weighted by molar-refractivity contribution is -0.117. The van der Waals surface area contributed by atoms with Gasteiger partial charge in [0.2, 0.25) is 11.8 Å². The normalized spacial score (nSPS) is 11.2. The van der Waals surface area contributed by atoms with Crippen LogP contribution in [0, 0.1) is 25.7 Å². The number of anilines is 2. The molecule has 0 aliphatic heterocycles. The Morgan fingerprint density at radius 1 is 0.697 bits per heavy atom. The number of hydrogen-bond donors (Lipinski definition) is 2. The van der Waals surface area contributed by atoms with E-state index in [0.29, 0.717) is 24.7 Å². The number of carbonyl (C=O) groups is 2. The van der Waals surface area contributed by atoms with Crippen LogP contribution >= 0.6 is 0 Å². The average molecular weight is 451 g/mol. The molecule has 180 valence electrons. The molecule has 0 aliphatic rings. The highest BCUT2D eigenvalue weighted by molar-refractivity contribution is 5.93. The summed E-state index contributed by atoms with van der Waals surface area (Å²) in [7, 11) is 0. The minimum Gasteiger partial charge on any atom is -0.326 e. The van der Waals surface area contributed by atoms with Gasteiger partial charge in [0.1, 0.15) is 0 Å². The maximum atomic E-state index is 12.4. The molecule has 2 amide bonds. The molecule has 2 N–H and O–H groups in total. The molecule has 0 aliphatic carbocycles. The van der Waals surface area contributed by atoms with E-state index in [1.54, 1.807) is 0 Å². The Labute approximate surface area is 200 Å². The SMILES string of the molecule is CCc1cc(Cc2cc(C)c(NC(=O)CC(C)C)c(CC)c2)cc(C)c1NC(=O)CC(C)C. The monoisotopic (exact) mass is 450 g/mol. The van der Waals surface area contributed by atoms with Crippen LogP contribution in [0.15, 0.2) is 24.3 Å². The predicted octanol–water partition coefficient (Wildman–Crippen LogP) is 6.99. The molecule has 0 saturated carbocycles. The summed E-state index contributed by atoms with van der Waals surface area (Å²) in [5.41, 5.74) is 8.95. The Kier molecular flexibility index (Phi) is 9.70. The third kappa shape index (κ3) is 7.73. The van der Waals surface area contributed by atoms with Crippen LogP contribution in [-0.4, -0.2) is 11.8 Å². The van der Waals surface area contributed by atoms with Crippen molar-refractivity contribution in [3.05, 3.63) is 57.6 Å². The second-order valence-corrected chi connectivity index (χ2v) is 10.1. The Morgan fingerprint density at radius 2 is 1.06 bits per heavy atom. The largest absolute Gasteiger partial charge is 0.326 e. The van der Waals surface area contributed by atoms with Crippen LogP contribution < -0.4 is 10.6 Å². The number of rotatable bonds is 10. The van der Waals surface area contributed by atoms with Crippen LogP contribution in [-0.2, 0) is 28.9 Å². The van der Waals surface area contributed by atoms with Crippen LogP contribution in [0.2, 0.25) is 0 Å². The molecule has 0 saturated heterocycles. The van der Waals surface area contributed by atoms with Gasteiger partial charge in [0.15, 0.2) is 0 Å². The Morgan fingerprint density at radius 3 is 1.36 bits per heavy atom. The molecule has 0 aromatic heterocycles. The lowest BCUT2D eigenvalue weighted by Gasteiger charge is -2.18. The van der Waals surface area contributed by atoms with Crippen LogP contribution in [0.4, 0.5) is 11.4 Å². The number of amides is 2. The van der Waals surface area contributed by atoms with Gasteiger partial charge in [-0.25, -0.2) is 0 Å². The molecule has 0 unspecified atom stereocenters.